The van der Waals surface area contributed by atoms with Crippen LogP contribution in [0.15, 0.2) is 42.5 Å². The Labute approximate surface area is 131 Å². The van der Waals surface area contributed by atoms with Crippen molar-refractivity contribution in [2.75, 3.05) is 13.6 Å². The Kier molecular flexibility index (Phi) is 4.27. The standard InChI is InChI=1S/C19H23FN2/c1-13-16(7-4-8-17(13)20)15-6-3-5-14(11-15)12-19-18(21)9-10-22(19)2/h3-8,11,18-19H,9-10,12,21H2,1-2H3. The summed E-state index contributed by atoms with van der Waals surface area (Å²) < 4.78 is 13.8. The smallest absolute Gasteiger partial charge is 0.126 e. The van der Waals surface area contributed by atoms with Gasteiger partial charge in [-0.3, -0.25) is 0 Å². The average molecular weight is 298 g/mol. The van der Waals surface area contributed by atoms with Crippen molar-refractivity contribution in [1.82, 2.24) is 4.90 Å². The summed E-state index contributed by atoms with van der Waals surface area (Å²) in [6.07, 6.45) is 2.00. The molecule has 0 aromatic heterocycles. The molecule has 1 aliphatic heterocycles. The zero-order valence-electron chi connectivity index (χ0n) is 13.2. The van der Waals surface area contributed by atoms with Gasteiger partial charge in [-0.15, -0.1) is 0 Å². The topological polar surface area (TPSA) is 29.3 Å². The minimum atomic E-state index is -0.152. The summed E-state index contributed by atoms with van der Waals surface area (Å²) in [7, 11) is 2.14. The maximum atomic E-state index is 13.8. The molecule has 22 heavy (non-hydrogen) atoms. The van der Waals surface area contributed by atoms with E-state index in [2.05, 4.69) is 30.1 Å². The third-order valence-corrected chi connectivity index (χ3v) is 4.83. The molecule has 0 aliphatic carbocycles. The van der Waals surface area contributed by atoms with Gasteiger partial charge in [0.1, 0.15) is 5.82 Å². The molecule has 2 aromatic rings. The molecule has 2 nitrogen and oxygen atoms in total. The van der Waals surface area contributed by atoms with Crippen LogP contribution in [0, 0.1) is 12.7 Å². The molecule has 0 amide bonds. The Morgan fingerprint density at radius 3 is 2.73 bits per heavy atom. The summed E-state index contributed by atoms with van der Waals surface area (Å²) in [5.74, 6) is -0.152. The van der Waals surface area contributed by atoms with Crippen LogP contribution in [-0.4, -0.2) is 30.6 Å². The van der Waals surface area contributed by atoms with Crippen LogP contribution in [0.2, 0.25) is 0 Å². The van der Waals surface area contributed by atoms with E-state index in [1.165, 1.54) is 11.6 Å². The molecule has 1 aliphatic rings. The molecule has 1 fully saturated rings. The van der Waals surface area contributed by atoms with E-state index in [9.17, 15) is 4.39 Å². The van der Waals surface area contributed by atoms with E-state index < -0.39 is 0 Å². The fraction of sp³-hybridized carbons (Fsp3) is 0.368. The lowest BCUT2D eigenvalue weighted by atomic mass is 9.95. The summed E-state index contributed by atoms with van der Waals surface area (Å²) in [5, 5.41) is 0. The summed E-state index contributed by atoms with van der Waals surface area (Å²) in [6, 6.07) is 14.3. The normalized spacial score (nSPS) is 22.2. The number of nitrogens with zero attached hydrogens (tertiary/aromatic N) is 1. The zero-order chi connectivity index (χ0) is 15.7. The van der Waals surface area contributed by atoms with Gasteiger partial charge in [0.15, 0.2) is 0 Å². The molecular formula is C19H23FN2. The van der Waals surface area contributed by atoms with Crippen LogP contribution in [0.4, 0.5) is 4.39 Å². The molecule has 3 rings (SSSR count). The van der Waals surface area contributed by atoms with Gasteiger partial charge in [-0.1, -0.05) is 36.4 Å². The highest BCUT2D eigenvalue weighted by atomic mass is 19.1. The van der Waals surface area contributed by atoms with Gasteiger partial charge in [-0.25, -0.2) is 4.39 Å². The molecule has 1 saturated heterocycles. The Morgan fingerprint density at radius 2 is 2.00 bits per heavy atom. The molecule has 2 unspecified atom stereocenters. The second kappa shape index (κ2) is 6.19. The van der Waals surface area contributed by atoms with Gasteiger partial charge in [0.05, 0.1) is 0 Å². The summed E-state index contributed by atoms with van der Waals surface area (Å²) in [4.78, 5) is 2.34. The lowest BCUT2D eigenvalue weighted by Gasteiger charge is -2.23. The van der Waals surface area contributed by atoms with Gasteiger partial charge < -0.3 is 10.6 Å². The van der Waals surface area contributed by atoms with E-state index in [4.69, 9.17) is 5.73 Å². The average Bonchev–Trinajstić information content (AvgIpc) is 2.82. The molecule has 0 radical (unpaired) electrons. The molecule has 116 valence electrons. The molecule has 2 N–H and O–H groups in total. The second-order valence-corrected chi connectivity index (χ2v) is 6.32. The lowest BCUT2D eigenvalue weighted by molar-refractivity contribution is 0.296. The maximum Gasteiger partial charge on any atom is 0.126 e. The van der Waals surface area contributed by atoms with Crippen molar-refractivity contribution in [3.05, 3.63) is 59.4 Å². The molecule has 3 heteroatoms. The van der Waals surface area contributed by atoms with Crippen LogP contribution in [0.25, 0.3) is 11.1 Å². The number of halogens is 1. The fourth-order valence-corrected chi connectivity index (χ4v) is 3.37. The first-order valence-corrected chi connectivity index (χ1v) is 7.86. The van der Waals surface area contributed by atoms with Gasteiger partial charge in [0.2, 0.25) is 0 Å². The van der Waals surface area contributed by atoms with E-state index in [1.807, 2.05) is 19.1 Å². The third kappa shape index (κ3) is 2.92. The van der Waals surface area contributed by atoms with E-state index in [1.54, 1.807) is 6.07 Å². The maximum absolute atomic E-state index is 13.8. The zero-order valence-corrected chi connectivity index (χ0v) is 13.2. The van der Waals surface area contributed by atoms with Crippen LogP contribution in [0.3, 0.4) is 0 Å². The summed E-state index contributed by atoms with van der Waals surface area (Å²) in [6.45, 7) is 2.90. The van der Waals surface area contributed by atoms with Crippen molar-refractivity contribution < 1.29 is 4.39 Å². The first kappa shape index (κ1) is 15.2. The highest BCUT2D eigenvalue weighted by molar-refractivity contribution is 5.67. The van der Waals surface area contributed by atoms with Crippen molar-refractivity contribution >= 4 is 0 Å². The number of likely N-dealkylation sites (tertiary alicyclic amines) is 1. The number of nitrogens with two attached hydrogens (primary N) is 1. The first-order valence-electron chi connectivity index (χ1n) is 7.86. The predicted octanol–water partition coefficient (Wildman–Crippen LogP) is 3.38. The van der Waals surface area contributed by atoms with Crippen LogP contribution >= 0.6 is 0 Å². The molecule has 2 aromatic carbocycles. The van der Waals surface area contributed by atoms with Crippen molar-refractivity contribution in [3.8, 4) is 11.1 Å². The number of benzene rings is 2. The van der Waals surface area contributed by atoms with E-state index >= 15 is 0 Å². The van der Waals surface area contributed by atoms with Gasteiger partial charge in [0.25, 0.3) is 0 Å². The van der Waals surface area contributed by atoms with Crippen molar-refractivity contribution in [3.63, 3.8) is 0 Å². The second-order valence-electron chi connectivity index (χ2n) is 6.32. The van der Waals surface area contributed by atoms with Gasteiger partial charge >= 0.3 is 0 Å². The van der Waals surface area contributed by atoms with Crippen LogP contribution in [-0.2, 0) is 6.42 Å². The predicted molar refractivity (Wildman–Crippen MR) is 89.3 cm³/mol. The number of rotatable bonds is 3. The monoisotopic (exact) mass is 298 g/mol. The quantitative estimate of drug-likeness (QED) is 0.941. The highest BCUT2D eigenvalue weighted by Gasteiger charge is 2.28. The largest absolute Gasteiger partial charge is 0.326 e. The highest BCUT2D eigenvalue weighted by Crippen LogP contribution is 2.27. The SMILES string of the molecule is Cc1c(F)cccc1-c1cccc(CC2C(N)CCN2C)c1. The van der Waals surface area contributed by atoms with E-state index in [-0.39, 0.29) is 11.9 Å². The first-order chi connectivity index (χ1) is 10.6. The van der Waals surface area contributed by atoms with Crippen LogP contribution < -0.4 is 5.73 Å². The minimum Gasteiger partial charge on any atom is -0.326 e. The molecular weight excluding hydrogens is 275 g/mol. The van der Waals surface area contributed by atoms with Crippen LogP contribution in [0.5, 0.6) is 0 Å². The Morgan fingerprint density at radius 1 is 1.23 bits per heavy atom. The van der Waals surface area contributed by atoms with E-state index in [0.717, 1.165) is 30.5 Å². The fourth-order valence-electron chi connectivity index (χ4n) is 3.37. The number of hydrogen-bond acceptors (Lipinski definition) is 2. The van der Waals surface area contributed by atoms with Crippen LogP contribution in [0.1, 0.15) is 17.5 Å². The Balaban J connectivity index is 1.88. The molecule has 0 saturated carbocycles. The van der Waals surface area contributed by atoms with Gasteiger partial charge in [0, 0.05) is 12.1 Å². The molecule has 2 atom stereocenters. The molecule has 0 spiro atoms. The Hall–Kier alpha value is -1.71. The van der Waals surface area contributed by atoms with Gasteiger partial charge in [-0.2, -0.15) is 0 Å². The minimum absolute atomic E-state index is 0.152. The third-order valence-electron chi connectivity index (χ3n) is 4.83. The molecule has 1 heterocycles. The number of likely N-dealkylation sites (N-methyl/N-ethyl adjacent to an activating group) is 1. The van der Waals surface area contributed by atoms with E-state index in [0.29, 0.717) is 11.6 Å². The summed E-state index contributed by atoms with van der Waals surface area (Å²) >= 11 is 0. The van der Waals surface area contributed by atoms with Gasteiger partial charge in [-0.05, 0) is 61.7 Å². The summed E-state index contributed by atoms with van der Waals surface area (Å²) in [5.41, 5.74) is 10.2. The number of hydrogen-bond donors (Lipinski definition) is 1. The molecule has 0 bridgehead atoms. The van der Waals surface area contributed by atoms with Crippen molar-refractivity contribution in [2.24, 2.45) is 5.73 Å². The van der Waals surface area contributed by atoms with Crippen molar-refractivity contribution in [2.45, 2.75) is 31.8 Å². The van der Waals surface area contributed by atoms with Crippen molar-refractivity contribution in [1.29, 1.82) is 0 Å². The lowest BCUT2D eigenvalue weighted by Crippen LogP contribution is -2.39. The Bertz CT molecular complexity index is 658.